The van der Waals surface area contributed by atoms with E-state index < -0.39 is 11.8 Å². The van der Waals surface area contributed by atoms with Crippen molar-refractivity contribution in [2.45, 2.75) is 106 Å². The molecule has 59 heavy (non-hydrogen) atoms. The average molecular weight is 837 g/mol. The number of benzene rings is 2. The zero-order valence-corrected chi connectivity index (χ0v) is 38.4. The smallest absolute Gasteiger partial charge is 0.256 e. The number of aliphatic hydroxyl groups is 1. The minimum atomic E-state index is -0.836. The van der Waals surface area contributed by atoms with E-state index in [1.165, 1.54) is 6.42 Å². The molecule has 1 fully saturated rings. The summed E-state index contributed by atoms with van der Waals surface area (Å²) in [6.45, 7) is 27.4. The maximum absolute atomic E-state index is 11.5. The van der Waals surface area contributed by atoms with Gasteiger partial charge in [-0.25, -0.2) is 0 Å². The van der Waals surface area contributed by atoms with Crippen LogP contribution >= 0.6 is 11.6 Å². The molecule has 1 aromatic heterocycles. The molecule has 328 valence electrons. The number of anilines is 1. The van der Waals surface area contributed by atoms with Crippen LogP contribution in [-0.4, -0.2) is 72.6 Å². The van der Waals surface area contributed by atoms with Gasteiger partial charge in [0.05, 0.1) is 25.1 Å². The van der Waals surface area contributed by atoms with Crippen molar-refractivity contribution >= 4 is 40.3 Å². The minimum Gasteiger partial charge on any atom is -0.495 e. The number of nitrogens with one attached hydrogen (secondary N) is 4. The Morgan fingerprint density at radius 1 is 1.12 bits per heavy atom. The van der Waals surface area contributed by atoms with Crippen LogP contribution in [0.15, 0.2) is 103 Å². The summed E-state index contributed by atoms with van der Waals surface area (Å²) in [5.41, 5.74) is 1.88. The molecule has 1 unspecified atom stereocenters. The van der Waals surface area contributed by atoms with Gasteiger partial charge in [0, 0.05) is 34.4 Å². The van der Waals surface area contributed by atoms with Crippen LogP contribution in [0.5, 0.6) is 5.75 Å². The van der Waals surface area contributed by atoms with Crippen LogP contribution in [0.2, 0.25) is 5.02 Å². The second-order valence-corrected chi connectivity index (χ2v) is 13.6. The molecule has 11 heteroatoms. The van der Waals surface area contributed by atoms with Crippen LogP contribution in [0.4, 0.5) is 5.69 Å². The predicted molar refractivity (Wildman–Crippen MR) is 254 cm³/mol. The third-order valence-corrected chi connectivity index (χ3v) is 8.15. The summed E-state index contributed by atoms with van der Waals surface area (Å²) in [6.07, 6.45) is 23.3. The number of hydrogen-bond donors (Lipinski definition) is 5. The Kier molecular flexibility index (Phi) is 35.8. The third kappa shape index (κ3) is 23.9. The van der Waals surface area contributed by atoms with E-state index in [2.05, 4.69) is 72.6 Å². The molecule has 0 radical (unpaired) electrons. The molecule has 1 aliphatic heterocycles. The van der Waals surface area contributed by atoms with Gasteiger partial charge in [-0.05, 0) is 102 Å². The Hall–Kier alpha value is -4.92. The number of likely N-dealkylation sites (N-methyl/N-ethyl adjacent to an activating group) is 1. The molecule has 2 aromatic carbocycles. The monoisotopic (exact) mass is 836 g/mol. The number of fused-ring (bicyclic) bond motifs is 1. The average Bonchev–Trinajstić information content (AvgIpc) is 3.68. The van der Waals surface area contributed by atoms with Crippen LogP contribution < -0.4 is 26.2 Å². The fraction of sp³-hybridized carbons (Fsp3) is 0.438. The highest BCUT2D eigenvalue weighted by Crippen LogP contribution is 2.25. The molecule has 5 N–H and O–H groups in total. The molecule has 0 aliphatic carbocycles. The number of H-pyrrole nitrogens is 1. The lowest BCUT2D eigenvalue weighted by molar-refractivity contribution is -0.125. The number of nitrogens with zero attached hydrogens (tertiary/aromatic N) is 1. The standard InChI is InChI=1S/C19H26N2O2.C10H8ClNO2.C9H18N2O.C3H8.C3H6.C2H6.C2H2/c1-5-7-10-16(6-2)19(3,4)21-18(23)15-9-8-11-17(14-15)20-12-13-22;1-14-9-5-12-10(13)8-4-6(11)2-3-7(8)9;1-3-6-10-9(12)8-5-4-7-11(8)2;2*1-3-2;2*1-2/h5-11,13-14,18,20-21,23H,2,12H2,1,3-4H3;2-5H,1H3,(H,12,13);8H,3-7H2,1-2H3,(H,10,12);3H2,1-2H3;3H,1H2,2H3;1-2H3;1-2H/b7-5-,16-10+;;;;;;/t;;8-;;;;/m..0..../s1. The third-order valence-electron chi connectivity index (χ3n) is 7.92. The van der Waals surface area contributed by atoms with E-state index in [1.54, 1.807) is 43.7 Å². The van der Waals surface area contributed by atoms with Gasteiger partial charge in [0.2, 0.25) is 5.91 Å². The van der Waals surface area contributed by atoms with Gasteiger partial charge in [-0.15, -0.1) is 19.4 Å². The summed E-state index contributed by atoms with van der Waals surface area (Å²) in [7, 11) is 3.57. The Morgan fingerprint density at radius 2 is 1.75 bits per heavy atom. The number of allylic oxidation sites excluding steroid dienone is 4. The molecule has 1 aliphatic rings. The molecular weight excluding hydrogens is 762 g/mol. The maximum Gasteiger partial charge on any atom is 0.256 e. The van der Waals surface area contributed by atoms with Crippen molar-refractivity contribution in [3.8, 4) is 18.6 Å². The lowest BCUT2D eigenvalue weighted by Gasteiger charge is -2.31. The van der Waals surface area contributed by atoms with E-state index in [0.29, 0.717) is 16.2 Å². The highest BCUT2D eigenvalue weighted by Gasteiger charge is 2.27. The Balaban J connectivity index is -0.000000747. The van der Waals surface area contributed by atoms with Crippen molar-refractivity contribution < 1.29 is 19.4 Å². The van der Waals surface area contributed by atoms with Crippen LogP contribution in [-0.2, 0) is 9.59 Å². The normalized spacial score (nSPS) is 13.5. The number of hydrogen-bond acceptors (Lipinski definition) is 8. The lowest BCUT2D eigenvalue weighted by Crippen LogP contribution is -2.43. The van der Waals surface area contributed by atoms with Gasteiger partial charge in [0.1, 0.15) is 18.3 Å². The summed E-state index contributed by atoms with van der Waals surface area (Å²) in [5, 5.41) is 21.4. The van der Waals surface area contributed by atoms with E-state index in [0.717, 1.165) is 60.8 Å². The number of pyridine rings is 1. The van der Waals surface area contributed by atoms with Crippen LogP contribution in [0.3, 0.4) is 0 Å². The molecule has 4 rings (SSSR count). The first-order chi connectivity index (χ1) is 28.2. The highest BCUT2D eigenvalue weighted by molar-refractivity contribution is 6.31. The molecule has 10 nitrogen and oxygen atoms in total. The second kappa shape index (κ2) is 36.2. The number of carbonyl (C=O) groups is 2. The van der Waals surface area contributed by atoms with Crippen molar-refractivity contribution in [1.82, 2.24) is 20.5 Å². The quantitative estimate of drug-likeness (QED) is 0.0378. The summed E-state index contributed by atoms with van der Waals surface area (Å²) >= 11 is 5.79. The molecule has 2 heterocycles. The highest BCUT2D eigenvalue weighted by atomic mass is 35.5. The Bertz CT molecular complexity index is 1750. The summed E-state index contributed by atoms with van der Waals surface area (Å²) in [4.78, 5) is 38.0. The van der Waals surface area contributed by atoms with Gasteiger partial charge in [-0.3, -0.25) is 19.8 Å². The largest absolute Gasteiger partial charge is 0.495 e. The molecule has 0 saturated carbocycles. The topological polar surface area (TPSA) is 136 Å². The number of aromatic amines is 1. The number of aldehydes is 1. The lowest BCUT2D eigenvalue weighted by atomic mass is 9.92. The van der Waals surface area contributed by atoms with Gasteiger partial charge >= 0.3 is 0 Å². The first-order valence-electron chi connectivity index (χ1n) is 20.2. The van der Waals surface area contributed by atoms with Gasteiger partial charge in [-0.2, -0.15) is 0 Å². The summed E-state index contributed by atoms with van der Waals surface area (Å²) < 4.78 is 5.11. The summed E-state index contributed by atoms with van der Waals surface area (Å²) in [5.74, 6) is 0.841. The van der Waals surface area contributed by atoms with Gasteiger partial charge in [0.15, 0.2) is 0 Å². The number of aliphatic hydroxyl groups excluding tert-OH is 1. The fourth-order valence-electron chi connectivity index (χ4n) is 5.20. The van der Waals surface area contributed by atoms with E-state index >= 15 is 0 Å². The molecule has 1 saturated heterocycles. The van der Waals surface area contributed by atoms with E-state index in [-0.39, 0.29) is 24.1 Å². The van der Waals surface area contributed by atoms with Crippen LogP contribution in [0.1, 0.15) is 99.8 Å². The number of likely N-dealkylation sites (tertiary alicyclic amines) is 1. The van der Waals surface area contributed by atoms with Gasteiger partial charge in [-0.1, -0.05) is 102 Å². The molecule has 3 aromatic rings. The number of terminal acetylenes is 1. The number of aromatic nitrogens is 1. The van der Waals surface area contributed by atoms with Crippen LogP contribution in [0.25, 0.3) is 10.8 Å². The second-order valence-electron chi connectivity index (χ2n) is 13.1. The van der Waals surface area contributed by atoms with Crippen molar-refractivity contribution in [2.24, 2.45) is 0 Å². The molecular formula is C48H74ClN5O5. The zero-order valence-electron chi connectivity index (χ0n) is 37.7. The number of ether oxygens (including phenoxy) is 1. The molecule has 2 atom stereocenters. The molecule has 0 bridgehead atoms. The van der Waals surface area contributed by atoms with Crippen molar-refractivity contribution in [3.63, 3.8) is 0 Å². The van der Waals surface area contributed by atoms with E-state index in [4.69, 9.17) is 16.3 Å². The van der Waals surface area contributed by atoms with Crippen LogP contribution in [0, 0.1) is 12.8 Å². The zero-order chi connectivity index (χ0) is 45.8. The first kappa shape index (κ1) is 58.4. The number of halogens is 1. The Labute approximate surface area is 361 Å². The molecule has 0 spiro atoms. The molecule has 1 amide bonds. The van der Waals surface area contributed by atoms with E-state index in [9.17, 15) is 19.5 Å². The van der Waals surface area contributed by atoms with Crippen molar-refractivity contribution in [1.29, 1.82) is 0 Å². The Morgan fingerprint density at radius 3 is 2.25 bits per heavy atom. The van der Waals surface area contributed by atoms with Gasteiger partial charge in [0.25, 0.3) is 5.56 Å². The number of amides is 1. The number of methoxy groups -OCH3 is 1. The van der Waals surface area contributed by atoms with Crippen molar-refractivity contribution in [3.05, 3.63) is 119 Å². The predicted octanol–water partition coefficient (Wildman–Crippen LogP) is 10.0. The first-order valence-corrected chi connectivity index (χ1v) is 20.5. The maximum atomic E-state index is 11.5. The van der Waals surface area contributed by atoms with E-state index in [1.807, 2.05) is 91.1 Å². The van der Waals surface area contributed by atoms with Gasteiger partial charge < -0.3 is 30.3 Å². The fourth-order valence-corrected chi connectivity index (χ4v) is 5.37. The minimum absolute atomic E-state index is 0.136. The van der Waals surface area contributed by atoms with Crippen molar-refractivity contribution in [2.75, 3.05) is 39.1 Å². The summed E-state index contributed by atoms with van der Waals surface area (Å²) in [6, 6.07) is 12.6. The number of rotatable bonds is 13. The number of carbonyl (C=O) groups excluding carboxylic acids is 2. The SMILES string of the molecule is C#C.C=C/C(=C\C=C/C)C(C)(C)NC(O)c1cccc(NCC=O)c1.C=CC.CC.CCC.CCCNC(=O)[C@@H]1CCCN1C.COc1c[nH]c(=O)c2cc(Cl)ccc12.